The van der Waals surface area contributed by atoms with E-state index >= 15 is 0 Å². The Bertz CT molecular complexity index is 923. The Kier molecular flexibility index (Phi) is 5.65. The summed E-state index contributed by atoms with van der Waals surface area (Å²) in [6.45, 7) is 1.48. The number of anilines is 1. The van der Waals surface area contributed by atoms with Crippen molar-refractivity contribution in [1.29, 1.82) is 5.26 Å². The van der Waals surface area contributed by atoms with E-state index in [1.54, 1.807) is 30.1 Å². The number of amides is 1. The predicted molar refractivity (Wildman–Crippen MR) is 106 cm³/mol. The van der Waals surface area contributed by atoms with Gasteiger partial charge in [0.2, 0.25) is 5.91 Å². The van der Waals surface area contributed by atoms with Gasteiger partial charge in [0.1, 0.15) is 6.54 Å². The summed E-state index contributed by atoms with van der Waals surface area (Å²) in [7, 11) is 1.77. The number of nitriles is 1. The van der Waals surface area contributed by atoms with Gasteiger partial charge < -0.3 is 14.9 Å². The van der Waals surface area contributed by atoms with Gasteiger partial charge in [0.15, 0.2) is 0 Å². The number of aliphatic carboxylic acids is 1. The number of likely N-dealkylation sites (N-methyl/N-ethyl adjacent to an activating group) is 1. The summed E-state index contributed by atoms with van der Waals surface area (Å²) >= 11 is 0. The number of carboxylic acid groups (broad SMARTS) is 1. The van der Waals surface area contributed by atoms with Crippen molar-refractivity contribution in [2.45, 2.75) is 25.8 Å². The molecule has 2 aromatic rings. The summed E-state index contributed by atoms with van der Waals surface area (Å²) in [4.78, 5) is 27.6. The number of fused-ring (bicyclic) bond motifs is 1. The molecule has 0 heterocycles. The summed E-state index contributed by atoms with van der Waals surface area (Å²) in [5.74, 6) is -1.16. The first kappa shape index (κ1) is 19.4. The summed E-state index contributed by atoms with van der Waals surface area (Å²) in [6, 6.07) is 15.4. The van der Waals surface area contributed by atoms with Crippen LogP contribution in [0, 0.1) is 18.3 Å². The molecular formula is C22H23N3O3. The highest BCUT2D eigenvalue weighted by molar-refractivity contribution is 5.85. The average molecular weight is 377 g/mol. The third-order valence-corrected chi connectivity index (χ3v) is 5.30. The second-order valence-electron chi connectivity index (χ2n) is 7.20. The highest BCUT2D eigenvalue weighted by Crippen LogP contribution is 2.26. The molecule has 6 nitrogen and oxygen atoms in total. The first-order valence-electron chi connectivity index (χ1n) is 9.19. The highest BCUT2D eigenvalue weighted by atomic mass is 16.4. The zero-order valence-electron chi connectivity index (χ0n) is 16.1. The molecule has 0 saturated carbocycles. The molecule has 0 unspecified atom stereocenters. The summed E-state index contributed by atoms with van der Waals surface area (Å²) < 4.78 is 0. The number of carbonyl (C=O) groups excluding carboxylic acids is 1. The topological polar surface area (TPSA) is 84.6 Å². The van der Waals surface area contributed by atoms with Crippen LogP contribution in [0.1, 0.15) is 22.3 Å². The summed E-state index contributed by atoms with van der Waals surface area (Å²) in [6.07, 6.45) is 1.61. The number of aryl methyl sites for hydroxylation is 1. The van der Waals surface area contributed by atoms with E-state index in [0.717, 1.165) is 18.4 Å². The van der Waals surface area contributed by atoms with E-state index in [2.05, 4.69) is 18.2 Å². The van der Waals surface area contributed by atoms with Gasteiger partial charge in [0.25, 0.3) is 0 Å². The van der Waals surface area contributed by atoms with Crippen molar-refractivity contribution in [1.82, 2.24) is 4.90 Å². The largest absolute Gasteiger partial charge is 0.480 e. The van der Waals surface area contributed by atoms with Crippen molar-refractivity contribution < 1.29 is 14.7 Å². The second kappa shape index (κ2) is 8.13. The monoisotopic (exact) mass is 377 g/mol. The molecule has 2 aromatic carbocycles. The maximum absolute atomic E-state index is 12.9. The molecule has 1 amide bonds. The lowest BCUT2D eigenvalue weighted by molar-refractivity contribution is -0.135. The van der Waals surface area contributed by atoms with Crippen LogP contribution in [-0.2, 0) is 22.4 Å². The van der Waals surface area contributed by atoms with Gasteiger partial charge in [-0.3, -0.25) is 9.59 Å². The van der Waals surface area contributed by atoms with Gasteiger partial charge in [-0.05, 0) is 48.6 Å². The number of hydrogen-bond donors (Lipinski definition) is 1. The highest BCUT2D eigenvalue weighted by Gasteiger charge is 2.28. The molecule has 0 aromatic heterocycles. The first-order valence-corrected chi connectivity index (χ1v) is 9.19. The van der Waals surface area contributed by atoms with Crippen LogP contribution in [0.25, 0.3) is 0 Å². The molecule has 0 aliphatic heterocycles. The van der Waals surface area contributed by atoms with Gasteiger partial charge in [-0.2, -0.15) is 5.26 Å². The number of rotatable bonds is 6. The second-order valence-corrected chi connectivity index (χ2v) is 7.20. The average Bonchev–Trinajstić information content (AvgIpc) is 3.11. The lowest BCUT2D eigenvalue weighted by Gasteiger charge is -2.30. The van der Waals surface area contributed by atoms with Crippen LogP contribution >= 0.6 is 0 Å². The number of benzene rings is 2. The number of nitrogens with zero attached hydrogens (tertiary/aromatic N) is 3. The van der Waals surface area contributed by atoms with Gasteiger partial charge in [-0.25, -0.2) is 0 Å². The van der Waals surface area contributed by atoms with Crippen LogP contribution in [-0.4, -0.2) is 48.1 Å². The minimum atomic E-state index is -1.02. The molecule has 1 aliphatic rings. The molecule has 0 radical (unpaired) electrons. The van der Waals surface area contributed by atoms with Crippen LogP contribution in [0.2, 0.25) is 0 Å². The Morgan fingerprint density at radius 1 is 1.14 bits per heavy atom. The predicted octanol–water partition coefficient (Wildman–Crippen LogP) is 2.38. The third kappa shape index (κ3) is 4.15. The van der Waals surface area contributed by atoms with Gasteiger partial charge in [0, 0.05) is 18.8 Å². The Balaban J connectivity index is 1.77. The van der Waals surface area contributed by atoms with Crippen molar-refractivity contribution in [3.8, 4) is 6.07 Å². The van der Waals surface area contributed by atoms with Crippen molar-refractivity contribution in [3.63, 3.8) is 0 Å². The molecule has 0 bridgehead atoms. The molecule has 1 N–H and O–H groups in total. The van der Waals surface area contributed by atoms with Crippen molar-refractivity contribution in [3.05, 3.63) is 64.7 Å². The van der Waals surface area contributed by atoms with Gasteiger partial charge in [0.05, 0.1) is 18.2 Å². The van der Waals surface area contributed by atoms with E-state index in [4.69, 9.17) is 5.26 Å². The van der Waals surface area contributed by atoms with Gasteiger partial charge in [-0.1, -0.05) is 30.3 Å². The maximum Gasteiger partial charge on any atom is 0.323 e. The first-order chi connectivity index (χ1) is 13.4. The van der Waals surface area contributed by atoms with Crippen molar-refractivity contribution >= 4 is 17.6 Å². The van der Waals surface area contributed by atoms with E-state index in [-0.39, 0.29) is 25.0 Å². The Morgan fingerprint density at radius 3 is 2.36 bits per heavy atom. The smallest absolute Gasteiger partial charge is 0.323 e. The minimum Gasteiger partial charge on any atom is -0.480 e. The maximum atomic E-state index is 12.9. The quantitative estimate of drug-likeness (QED) is 0.836. The standard InChI is InChI=1S/C22H23N3O3/c1-15-7-8-16(12-23)9-20(15)25(14-22(27)28)13-21(26)24(2)19-10-17-5-3-4-6-18(17)11-19/h3-9,19H,10-11,13-14H2,1-2H3,(H,27,28). The molecule has 0 spiro atoms. The van der Waals surface area contributed by atoms with Crippen LogP contribution in [0.15, 0.2) is 42.5 Å². The summed E-state index contributed by atoms with van der Waals surface area (Å²) in [5, 5.41) is 18.5. The fourth-order valence-corrected chi connectivity index (χ4v) is 3.70. The Hall–Kier alpha value is -3.33. The number of carboxylic acids is 1. The number of hydrogen-bond acceptors (Lipinski definition) is 4. The molecule has 0 saturated heterocycles. The fraction of sp³-hybridized carbons (Fsp3) is 0.318. The van der Waals surface area contributed by atoms with Gasteiger partial charge in [-0.15, -0.1) is 0 Å². The van der Waals surface area contributed by atoms with Crippen LogP contribution in [0.5, 0.6) is 0 Å². The van der Waals surface area contributed by atoms with E-state index in [0.29, 0.717) is 11.3 Å². The lowest BCUT2D eigenvalue weighted by Crippen LogP contribution is -2.45. The molecule has 6 heteroatoms. The Labute approximate surface area is 164 Å². The molecular weight excluding hydrogens is 354 g/mol. The third-order valence-electron chi connectivity index (χ3n) is 5.30. The molecule has 28 heavy (non-hydrogen) atoms. The molecule has 1 aliphatic carbocycles. The van der Waals surface area contributed by atoms with Crippen LogP contribution < -0.4 is 4.90 Å². The summed E-state index contributed by atoms with van der Waals surface area (Å²) in [5.41, 5.74) is 4.36. The fourth-order valence-electron chi connectivity index (χ4n) is 3.70. The number of carbonyl (C=O) groups is 2. The normalized spacial score (nSPS) is 12.9. The zero-order chi connectivity index (χ0) is 20.3. The van der Waals surface area contributed by atoms with Crippen molar-refractivity contribution in [2.75, 3.05) is 25.0 Å². The zero-order valence-corrected chi connectivity index (χ0v) is 16.1. The van der Waals surface area contributed by atoms with Crippen LogP contribution in [0.4, 0.5) is 5.69 Å². The van der Waals surface area contributed by atoms with Gasteiger partial charge >= 0.3 is 5.97 Å². The van der Waals surface area contributed by atoms with E-state index < -0.39 is 5.97 Å². The minimum absolute atomic E-state index is 0.0502. The molecule has 0 fully saturated rings. The van der Waals surface area contributed by atoms with E-state index in [9.17, 15) is 14.7 Å². The lowest BCUT2D eigenvalue weighted by atomic mass is 10.1. The Morgan fingerprint density at radius 2 is 1.79 bits per heavy atom. The van der Waals surface area contributed by atoms with E-state index in [1.165, 1.54) is 16.0 Å². The molecule has 144 valence electrons. The molecule has 0 atom stereocenters. The van der Waals surface area contributed by atoms with Crippen LogP contribution in [0.3, 0.4) is 0 Å². The molecule has 3 rings (SSSR count). The SMILES string of the molecule is Cc1ccc(C#N)cc1N(CC(=O)O)CC(=O)N(C)C1Cc2ccccc2C1. The van der Waals surface area contributed by atoms with E-state index in [1.807, 2.05) is 19.1 Å². The van der Waals surface area contributed by atoms with Crippen molar-refractivity contribution in [2.24, 2.45) is 0 Å².